The van der Waals surface area contributed by atoms with Gasteiger partial charge in [0.1, 0.15) is 16.2 Å². The van der Waals surface area contributed by atoms with Crippen molar-refractivity contribution in [3.05, 3.63) is 40.8 Å². The summed E-state index contributed by atoms with van der Waals surface area (Å²) < 4.78 is 6.14. The monoisotopic (exact) mass is 288 g/mol. The first kappa shape index (κ1) is 14.7. The minimum atomic E-state index is -0.0684. The van der Waals surface area contributed by atoms with Crippen molar-refractivity contribution in [2.24, 2.45) is 0 Å². The fourth-order valence-electron chi connectivity index (χ4n) is 1.89. The highest BCUT2D eigenvalue weighted by Crippen LogP contribution is 2.25. The third-order valence-corrected chi connectivity index (χ3v) is 3.12. The molecule has 1 N–H and O–H groups in total. The summed E-state index contributed by atoms with van der Waals surface area (Å²) >= 11 is 5.28. The Hall–Kier alpha value is -1.68. The lowest BCUT2D eigenvalue weighted by Gasteiger charge is -2.18. The van der Waals surface area contributed by atoms with Crippen LogP contribution in [0.5, 0.6) is 5.75 Å². The van der Waals surface area contributed by atoms with E-state index in [1.165, 1.54) is 0 Å². The quantitative estimate of drug-likeness (QED) is 0.845. The van der Waals surface area contributed by atoms with Crippen molar-refractivity contribution in [1.29, 1.82) is 0 Å². The summed E-state index contributed by atoms with van der Waals surface area (Å²) in [6, 6.07) is 9.86. The number of H-pyrrole nitrogens is 1. The fraction of sp³-hybridized carbons (Fsp3) is 0.375. The molecule has 0 saturated heterocycles. The maximum atomic E-state index is 5.54. The zero-order chi connectivity index (χ0) is 14.8. The second-order valence-corrected chi connectivity index (χ2v) is 6.11. The Labute approximate surface area is 125 Å². The minimum absolute atomic E-state index is 0.0684. The second kappa shape index (κ2) is 5.75. The van der Waals surface area contributed by atoms with E-state index < -0.39 is 0 Å². The number of benzene rings is 1. The molecule has 2 aromatic rings. The van der Waals surface area contributed by atoms with E-state index in [1.54, 1.807) is 0 Å². The van der Waals surface area contributed by atoms with Crippen molar-refractivity contribution in [3.8, 4) is 17.0 Å². The van der Waals surface area contributed by atoms with Gasteiger partial charge < -0.3 is 9.72 Å². The number of aromatic nitrogens is 2. The highest BCUT2D eigenvalue weighted by molar-refractivity contribution is 7.71. The molecule has 0 radical (unpaired) electrons. The smallest absolute Gasteiger partial charge is 0.130 e. The van der Waals surface area contributed by atoms with Gasteiger partial charge in [-0.2, -0.15) is 0 Å². The molecule has 0 saturated carbocycles. The van der Waals surface area contributed by atoms with Crippen LogP contribution in [0, 0.1) is 4.64 Å². The molecule has 0 unspecified atom stereocenters. The number of hydrogen-bond donors (Lipinski definition) is 1. The zero-order valence-corrected chi connectivity index (χ0v) is 13.2. The van der Waals surface area contributed by atoms with Gasteiger partial charge in [-0.05, 0) is 25.1 Å². The fourth-order valence-corrected chi connectivity index (χ4v) is 2.10. The van der Waals surface area contributed by atoms with Gasteiger partial charge in [-0.1, -0.05) is 45.1 Å². The van der Waals surface area contributed by atoms with Crippen molar-refractivity contribution in [2.75, 3.05) is 6.61 Å². The molecular weight excluding hydrogens is 268 g/mol. The van der Waals surface area contributed by atoms with Crippen molar-refractivity contribution in [3.63, 3.8) is 0 Å². The highest BCUT2D eigenvalue weighted by Gasteiger charge is 2.17. The Kier molecular flexibility index (Phi) is 4.23. The molecule has 1 aromatic carbocycles. The van der Waals surface area contributed by atoms with Gasteiger partial charge in [-0.25, -0.2) is 4.98 Å². The van der Waals surface area contributed by atoms with Crippen molar-refractivity contribution < 1.29 is 4.74 Å². The number of rotatable bonds is 3. The number of nitrogens with zero attached hydrogens (tertiary/aromatic N) is 1. The third kappa shape index (κ3) is 3.45. The summed E-state index contributed by atoms with van der Waals surface area (Å²) in [6.45, 7) is 8.97. The summed E-state index contributed by atoms with van der Waals surface area (Å²) in [5, 5.41) is 0. The minimum Gasteiger partial charge on any atom is -0.494 e. The molecule has 0 aliphatic heterocycles. The standard InChI is InChI=1S/C16H20N2OS/c1-5-19-12-8-6-7-11(9-12)13-10-14(20)18-15(17-13)16(2,3)4/h6-10H,5H2,1-4H3,(H,17,18,20). The molecule has 106 valence electrons. The average Bonchev–Trinajstić information content (AvgIpc) is 2.38. The maximum absolute atomic E-state index is 5.54. The van der Waals surface area contributed by atoms with Crippen LogP contribution in [0.3, 0.4) is 0 Å². The molecule has 0 atom stereocenters. The molecule has 20 heavy (non-hydrogen) atoms. The molecule has 0 bridgehead atoms. The normalized spacial score (nSPS) is 11.4. The van der Waals surface area contributed by atoms with Crippen molar-refractivity contribution in [1.82, 2.24) is 9.97 Å². The van der Waals surface area contributed by atoms with E-state index in [0.29, 0.717) is 11.2 Å². The van der Waals surface area contributed by atoms with Crippen LogP contribution in [-0.4, -0.2) is 16.6 Å². The largest absolute Gasteiger partial charge is 0.494 e. The molecule has 0 spiro atoms. The first-order valence-electron chi connectivity index (χ1n) is 6.75. The second-order valence-electron chi connectivity index (χ2n) is 5.69. The van der Waals surface area contributed by atoms with Gasteiger partial charge in [-0.15, -0.1) is 0 Å². The van der Waals surface area contributed by atoms with Crippen molar-refractivity contribution >= 4 is 12.2 Å². The third-order valence-electron chi connectivity index (χ3n) is 2.91. The zero-order valence-electron chi connectivity index (χ0n) is 12.4. The van der Waals surface area contributed by atoms with Crippen LogP contribution in [0.15, 0.2) is 30.3 Å². The Bertz CT molecular complexity index is 656. The van der Waals surface area contributed by atoms with Crippen LogP contribution in [0.2, 0.25) is 0 Å². The first-order chi connectivity index (χ1) is 9.40. The Morgan fingerprint density at radius 2 is 2.00 bits per heavy atom. The predicted octanol–water partition coefficient (Wildman–Crippen LogP) is 4.50. The lowest BCUT2D eigenvalue weighted by atomic mass is 9.95. The van der Waals surface area contributed by atoms with E-state index in [9.17, 15) is 0 Å². The summed E-state index contributed by atoms with van der Waals surface area (Å²) in [4.78, 5) is 7.79. The molecule has 3 nitrogen and oxygen atoms in total. The van der Waals surface area contributed by atoms with E-state index in [0.717, 1.165) is 22.8 Å². The molecular formula is C16H20N2OS. The number of hydrogen-bond acceptors (Lipinski definition) is 3. The van der Waals surface area contributed by atoms with E-state index >= 15 is 0 Å². The molecule has 4 heteroatoms. The van der Waals surface area contributed by atoms with Crippen LogP contribution < -0.4 is 4.74 Å². The van der Waals surface area contributed by atoms with Crippen LogP contribution in [0.1, 0.15) is 33.5 Å². The van der Waals surface area contributed by atoms with Gasteiger partial charge in [0.25, 0.3) is 0 Å². The summed E-state index contributed by atoms with van der Waals surface area (Å²) in [7, 11) is 0. The molecule has 0 aliphatic rings. The van der Waals surface area contributed by atoms with Gasteiger partial charge >= 0.3 is 0 Å². The molecule has 0 aliphatic carbocycles. The SMILES string of the molecule is CCOc1cccc(-c2cc(=S)nc(C(C)(C)C)[nH]2)c1. The topological polar surface area (TPSA) is 37.9 Å². The Balaban J connectivity index is 2.50. The van der Waals surface area contributed by atoms with E-state index in [-0.39, 0.29) is 5.41 Å². The van der Waals surface area contributed by atoms with Crippen LogP contribution in [0.25, 0.3) is 11.3 Å². The predicted molar refractivity (Wildman–Crippen MR) is 84.7 cm³/mol. The average molecular weight is 288 g/mol. The first-order valence-corrected chi connectivity index (χ1v) is 7.16. The maximum Gasteiger partial charge on any atom is 0.130 e. The Morgan fingerprint density at radius 1 is 1.25 bits per heavy atom. The van der Waals surface area contributed by atoms with E-state index in [1.807, 2.05) is 37.3 Å². The molecule has 0 amide bonds. The van der Waals surface area contributed by atoms with Gasteiger partial charge in [0, 0.05) is 16.7 Å². The Morgan fingerprint density at radius 3 is 2.65 bits per heavy atom. The van der Waals surface area contributed by atoms with Gasteiger partial charge in [0.2, 0.25) is 0 Å². The number of aromatic amines is 1. The summed E-state index contributed by atoms with van der Waals surface area (Å²) in [5.41, 5.74) is 1.95. The number of ether oxygens (including phenoxy) is 1. The molecule has 1 heterocycles. The van der Waals surface area contributed by atoms with Gasteiger partial charge in [-0.3, -0.25) is 0 Å². The highest BCUT2D eigenvalue weighted by atomic mass is 32.1. The lowest BCUT2D eigenvalue weighted by molar-refractivity contribution is 0.340. The van der Waals surface area contributed by atoms with Crippen molar-refractivity contribution in [2.45, 2.75) is 33.1 Å². The van der Waals surface area contributed by atoms with Gasteiger partial charge in [0.15, 0.2) is 0 Å². The number of nitrogens with one attached hydrogen (secondary N) is 1. The molecule has 0 fully saturated rings. The van der Waals surface area contributed by atoms with Gasteiger partial charge in [0.05, 0.1) is 6.61 Å². The van der Waals surface area contributed by atoms with E-state index in [4.69, 9.17) is 17.0 Å². The summed E-state index contributed by atoms with van der Waals surface area (Å²) in [5.74, 6) is 1.75. The summed E-state index contributed by atoms with van der Waals surface area (Å²) in [6.07, 6.45) is 0. The van der Waals surface area contributed by atoms with Crippen LogP contribution >= 0.6 is 12.2 Å². The molecule has 2 rings (SSSR count). The molecule has 1 aromatic heterocycles. The van der Waals surface area contributed by atoms with Crippen LogP contribution in [0.4, 0.5) is 0 Å². The van der Waals surface area contributed by atoms with E-state index in [2.05, 4.69) is 30.7 Å². The van der Waals surface area contributed by atoms with Crippen LogP contribution in [-0.2, 0) is 5.41 Å². The lowest BCUT2D eigenvalue weighted by Crippen LogP contribution is -2.16.